The lowest BCUT2D eigenvalue weighted by Gasteiger charge is -2.09. The van der Waals surface area contributed by atoms with Gasteiger partial charge in [0, 0.05) is 23.6 Å². The van der Waals surface area contributed by atoms with Gasteiger partial charge in [0.05, 0.1) is 5.69 Å². The summed E-state index contributed by atoms with van der Waals surface area (Å²) in [7, 11) is 1.75. The van der Waals surface area contributed by atoms with Crippen molar-refractivity contribution in [3.8, 4) is 11.3 Å². The molecule has 0 unspecified atom stereocenters. The molecule has 0 N–H and O–H groups in total. The molecule has 0 fully saturated rings. The average Bonchev–Trinajstić information content (AvgIpc) is 2.53. The van der Waals surface area contributed by atoms with Crippen molar-refractivity contribution in [1.82, 2.24) is 9.55 Å². The number of benzene rings is 2. The molecule has 3 nitrogen and oxygen atoms in total. The van der Waals surface area contributed by atoms with Crippen LogP contribution in [0.2, 0.25) is 0 Å². The molecule has 104 valence electrons. The lowest BCUT2D eigenvalue weighted by atomic mass is 10.1. The highest BCUT2D eigenvalue weighted by atomic mass is 32.2. The molecular weight excluding hydrogens is 280 g/mol. The first-order valence-corrected chi connectivity index (χ1v) is 7.42. The molecule has 1 heterocycles. The zero-order valence-electron chi connectivity index (χ0n) is 11.6. The van der Waals surface area contributed by atoms with Crippen LogP contribution in [-0.4, -0.2) is 9.55 Å². The van der Waals surface area contributed by atoms with Crippen LogP contribution in [0.5, 0.6) is 0 Å². The largest absolute Gasteiger partial charge is 0.290 e. The van der Waals surface area contributed by atoms with Crippen molar-refractivity contribution in [3.63, 3.8) is 0 Å². The Labute approximate surface area is 127 Å². The maximum atomic E-state index is 12.1. The van der Waals surface area contributed by atoms with Crippen LogP contribution in [0, 0.1) is 0 Å². The molecule has 0 aliphatic carbocycles. The Hall–Kier alpha value is -2.33. The maximum absolute atomic E-state index is 12.1. The van der Waals surface area contributed by atoms with Crippen molar-refractivity contribution < 1.29 is 0 Å². The van der Waals surface area contributed by atoms with E-state index in [2.05, 4.69) is 4.98 Å². The summed E-state index contributed by atoms with van der Waals surface area (Å²) in [5, 5.41) is 0.688. The molecule has 1 aromatic heterocycles. The van der Waals surface area contributed by atoms with E-state index >= 15 is 0 Å². The summed E-state index contributed by atoms with van der Waals surface area (Å²) < 4.78 is 1.57. The zero-order chi connectivity index (χ0) is 14.7. The standard InChI is InChI=1S/C17H14N2OS/c1-19-16(20)12-15(13-8-4-2-5-9-13)18-17(19)21-14-10-6-3-7-11-14/h2-12H,1H3. The first-order chi connectivity index (χ1) is 10.2. The van der Waals surface area contributed by atoms with E-state index in [9.17, 15) is 4.79 Å². The fourth-order valence-electron chi connectivity index (χ4n) is 1.96. The van der Waals surface area contributed by atoms with E-state index in [-0.39, 0.29) is 5.56 Å². The molecule has 0 radical (unpaired) electrons. The van der Waals surface area contributed by atoms with Crippen LogP contribution < -0.4 is 5.56 Å². The molecular formula is C17H14N2OS. The van der Waals surface area contributed by atoms with Crippen molar-refractivity contribution in [2.75, 3.05) is 0 Å². The summed E-state index contributed by atoms with van der Waals surface area (Å²) in [5.41, 5.74) is 1.60. The number of aromatic nitrogens is 2. The predicted octanol–water partition coefficient (Wildman–Crippen LogP) is 3.60. The molecule has 0 bridgehead atoms. The quantitative estimate of drug-likeness (QED) is 0.692. The minimum absolute atomic E-state index is 0.0534. The highest BCUT2D eigenvalue weighted by Gasteiger charge is 2.08. The lowest BCUT2D eigenvalue weighted by Crippen LogP contribution is -2.19. The second-order valence-corrected chi connectivity index (χ2v) is 5.64. The van der Waals surface area contributed by atoms with Crippen molar-refractivity contribution in [2.45, 2.75) is 10.1 Å². The van der Waals surface area contributed by atoms with Gasteiger partial charge in [0.2, 0.25) is 0 Å². The van der Waals surface area contributed by atoms with Gasteiger partial charge in [-0.25, -0.2) is 4.98 Å². The fourth-order valence-corrected chi connectivity index (χ4v) is 2.84. The van der Waals surface area contributed by atoms with Gasteiger partial charge in [-0.3, -0.25) is 9.36 Å². The molecule has 4 heteroatoms. The molecule has 3 aromatic rings. The summed E-state index contributed by atoms with van der Waals surface area (Å²) in [6.07, 6.45) is 0. The second kappa shape index (κ2) is 5.97. The van der Waals surface area contributed by atoms with E-state index in [4.69, 9.17) is 0 Å². The van der Waals surface area contributed by atoms with Gasteiger partial charge < -0.3 is 0 Å². The first-order valence-electron chi connectivity index (χ1n) is 6.60. The Morgan fingerprint density at radius 3 is 2.24 bits per heavy atom. The van der Waals surface area contributed by atoms with Crippen LogP contribution in [0.1, 0.15) is 0 Å². The molecule has 0 spiro atoms. The molecule has 0 amide bonds. The van der Waals surface area contributed by atoms with Crippen LogP contribution in [-0.2, 0) is 7.05 Å². The maximum Gasteiger partial charge on any atom is 0.254 e. The smallest absolute Gasteiger partial charge is 0.254 e. The highest BCUT2D eigenvalue weighted by Crippen LogP contribution is 2.26. The predicted molar refractivity (Wildman–Crippen MR) is 85.5 cm³/mol. The first kappa shape index (κ1) is 13.6. The Kier molecular flexibility index (Phi) is 3.88. The molecule has 0 aliphatic rings. The molecule has 2 aromatic carbocycles. The SMILES string of the molecule is Cn1c(Sc2ccccc2)nc(-c2ccccc2)cc1=O. The van der Waals surface area contributed by atoms with Gasteiger partial charge in [0.25, 0.3) is 5.56 Å². The summed E-state index contributed by atoms with van der Waals surface area (Å²) in [6, 6.07) is 21.3. The Balaban J connectivity index is 2.05. The summed E-state index contributed by atoms with van der Waals surface area (Å²) in [6.45, 7) is 0. The van der Waals surface area contributed by atoms with E-state index in [1.807, 2.05) is 60.7 Å². The van der Waals surface area contributed by atoms with Gasteiger partial charge in [-0.05, 0) is 12.1 Å². The van der Waals surface area contributed by atoms with E-state index in [1.165, 1.54) is 11.8 Å². The van der Waals surface area contributed by atoms with Crippen molar-refractivity contribution in [3.05, 3.63) is 77.1 Å². The van der Waals surface area contributed by atoms with E-state index in [0.29, 0.717) is 10.9 Å². The van der Waals surface area contributed by atoms with Crippen LogP contribution in [0.3, 0.4) is 0 Å². The summed E-state index contributed by atoms with van der Waals surface area (Å²) in [4.78, 5) is 17.8. The highest BCUT2D eigenvalue weighted by molar-refractivity contribution is 7.99. The van der Waals surface area contributed by atoms with Gasteiger partial charge in [-0.2, -0.15) is 0 Å². The van der Waals surface area contributed by atoms with Gasteiger partial charge in [-0.15, -0.1) is 0 Å². The number of hydrogen-bond acceptors (Lipinski definition) is 3. The van der Waals surface area contributed by atoms with Gasteiger partial charge in [0.1, 0.15) is 0 Å². The van der Waals surface area contributed by atoms with Gasteiger partial charge in [0.15, 0.2) is 5.16 Å². The number of rotatable bonds is 3. The van der Waals surface area contributed by atoms with E-state index in [0.717, 1.165) is 10.5 Å². The second-order valence-electron chi connectivity index (χ2n) is 4.60. The average molecular weight is 294 g/mol. The number of nitrogens with zero attached hydrogens (tertiary/aromatic N) is 2. The van der Waals surface area contributed by atoms with Crippen LogP contribution in [0.25, 0.3) is 11.3 Å². The molecule has 0 aliphatic heterocycles. The summed E-state index contributed by atoms with van der Waals surface area (Å²) >= 11 is 1.49. The third-order valence-corrected chi connectivity index (χ3v) is 4.17. The van der Waals surface area contributed by atoms with Crippen LogP contribution in [0.4, 0.5) is 0 Å². The minimum Gasteiger partial charge on any atom is -0.290 e. The summed E-state index contributed by atoms with van der Waals surface area (Å²) in [5.74, 6) is 0. The molecule has 0 atom stereocenters. The molecule has 0 saturated carbocycles. The molecule has 21 heavy (non-hydrogen) atoms. The lowest BCUT2D eigenvalue weighted by molar-refractivity contribution is 0.711. The normalized spacial score (nSPS) is 10.5. The molecule has 3 rings (SSSR count). The molecule has 0 saturated heterocycles. The Morgan fingerprint density at radius 1 is 0.952 bits per heavy atom. The fraction of sp³-hybridized carbons (Fsp3) is 0.0588. The third kappa shape index (κ3) is 3.06. The minimum atomic E-state index is -0.0534. The monoisotopic (exact) mass is 294 g/mol. The van der Waals surface area contributed by atoms with Gasteiger partial charge >= 0.3 is 0 Å². The topological polar surface area (TPSA) is 34.9 Å². The van der Waals surface area contributed by atoms with Crippen molar-refractivity contribution >= 4 is 11.8 Å². The van der Waals surface area contributed by atoms with Crippen molar-refractivity contribution in [1.29, 1.82) is 0 Å². The van der Waals surface area contributed by atoms with Crippen LogP contribution >= 0.6 is 11.8 Å². The zero-order valence-corrected chi connectivity index (χ0v) is 12.4. The Bertz CT molecular complexity index is 798. The number of hydrogen-bond donors (Lipinski definition) is 0. The third-order valence-electron chi connectivity index (χ3n) is 3.12. The van der Waals surface area contributed by atoms with Gasteiger partial charge in [-0.1, -0.05) is 60.3 Å². The van der Waals surface area contributed by atoms with E-state index in [1.54, 1.807) is 17.7 Å². The van der Waals surface area contributed by atoms with Crippen molar-refractivity contribution in [2.24, 2.45) is 7.05 Å². The van der Waals surface area contributed by atoms with E-state index < -0.39 is 0 Å². The van der Waals surface area contributed by atoms with Crippen LogP contribution in [0.15, 0.2) is 81.6 Å². The Morgan fingerprint density at radius 2 is 1.57 bits per heavy atom.